The molecule has 2 aromatic carbocycles. The summed E-state index contributed by atoms with van der Waals surface area (Å²) in [5, 5.41) is 3.38. The molecule has 190 valence electrons. The summed E-state index contributed by atoms with van der Waals surface area (Å²) in [5.74, 6) is -0.743. The van der Waals surface area contributed by atoms with Crippen LogP contribution in [0.1, 0.15) is 43.2 Å². The lowest BCUT2D eigenvalue weighted by Crippen LogP contribution is -2.58. The molecular formula is C30H36N2O4. The minimum Gasteiger partial charge on any atom is -0.469 e. The predicted molar refractivity (Wildman–Crippen MR) is 138 cm³/mol. The lowest BCUT2D eigenvalue weighted by Gasteiger charge is -2.40. The minimum absolute atomic E-state index is 0.0250. The van der Waals surface area contributed by atoms with Crippen LogP contribution in [0.4, 0.5) is 0 Å². The normalized spacial score (nSPS) is 26.2. The molecule has 2 fully saturated rings. The van der Waals surface area contributed by atoms with Crippen molar-refractivity contribution in [2.24, 2.45) is 5.92 Å². The van der Waals surface area contributed by atoms with Crippen molar-refractivity contribution in [3.63, 3.8) is 0 Å². The fraction of sp³-hybridized carbons (Fsp3) is 0.467. The van der Waals surface area contributed by atoms with Gasteiger partial charge in [0.15, 0.2) is 0 Å². The molecule has 6 heteroatoms. The Kier molecular flexibility index (Phi) is 7.83. The Labute approximate surface area is 213 Å². The van der Waals surface area contributed by atoms with Crippen molar-refractivity contribution >= 4 is 11.9 Å². The van der Waals surface area contributed by atoms with Crippen LogP contribution in [0.5, 0.6) is 0 Å². The van der Waals surface area contributed by atoms with Crippen molar-refractivity contribution in [3.8, 4) is 0 Å². The van der Waals surface area contributed by atoms with Gasteiger partial charge >= 0.3 is 5.97 Å². The first-order valence-corrected chi connectivity index (χ1v) is 13.2. The smallest absolute Gasteiger partial charge is 0.313 e. The van der Waals surface area contributed by atoms with Crippen molar-refractivity contribution in [2.75, 3.05) is 7.11 Å². The van der Waals surface area contributed by atoms with E-state index in [-0.39, 0.29) is 36.2 Å². The molecule has 2 bridgehead atoms. The highest BCUT2D eigenvalue weighted by Gasteiger charge is 2.54. The number of fused-ring (bicyclic) bond motifs is 2. The summed E-state index contributed by atoms with van der Waals surface area (Å²) in [6.45, 7) is 0.537. The van der Waals surface area contributed by atoms with Gasteiger partial charge in [0.05, 0.1) is 31.4 Å². The molecular weight excluding hydrogens is 452 g/mol. The number of nitrogens with one attached hydrogen (secondary N) is 1. The summed E-state index contributed by atoms with van der Waals surface area (Å²) in [5.41, 5.74) is 2.19. The number of hydrogen-bond donors (Lipinski definition) is 1. The molecule has 1 aliphatic carbocycles. The number of methoxy groups -OCH3 is 1. The third kappa shape index (κ3) is 5.40. The van der Waals surface area contributed by atoms with E-state index < -0.39 is 12.0 Å². The van der Waals surface area contributed by atoms with Gasteiger partial charge in [-0.2, -0.15) is 0 Å². The molecule has 5 rings (SSSR count). The molecule has 0 spiro atoms. The zero-order chi connectivity index (χ0) is 24.9. The van der Waals surface area contributed by atoms with Crippen LogP contribution >= 0.6 is 0 Å². The molecule has 2 aliphatic heterocycles. The molecule has 2 heterocycles. The minimum atomic E-state index is -0.477. The van der Waals surface area contributed by atoms with Crippen LogP contribution in [-0.2, 0) is 32.0 Å². The highest BCUT2D eigenvalue weighted by Crippen LogP contribution is 2.40. The quantitative estimate of drug-likeness (QED) is 0.426. The van der Waals surface area contributed by atoms with E-state index in [2.05, 4.69) is 34.5 Å². The maximum absolute atomic E-state index is 14.0. The van der Waals surface area contributed by atoms with Crippen LogP contribution in [-0.4, -0.2) is 54.2 Å². The number of ether oxygens (including phenoxy) is 2. The van der Waals surface area contributed by atoms with Gasteiger partial charge in [0.2, 0.25) is 5.91 Å². The molecule has 0 radical (unpaired) electrons. The number of esters is 1. The van der Waals surface area contributed by atoms with E-state index in [0.29, 0.717) is 13.0 Å². The average molecular weight is 489 g/mol. The Hall–Kier alpha value is -2.96. The Morgan fingerprint density at radius 1 is 0.944 bits per heavy atom. The van der Waals surface area contributed by atoms with Crippen molar-refractivity contribution < 1.29 is 19.1 Å². The largest absolute Gasteiger partial charge is 0.469 e. The summed E-state index contributed by atoms with van der Waals surface area (Å²) in [6.07, 6.45) is 9.53. The Morgan fingerprint density at radius 3 is 2.25 bits per heavy atom. The number of amides is 1. The molecule has 1 saturated carbocycles. The van der Waals surface area contributed by atoms with Crippen LogP contribution in [0.15, 0.2) is 72.8 Å². The maximum atomic E-state index is 14.0. The first-order valence-electron chi connectivity index (χ1n) is 13.2. The van der Waals surface area contributed by atoms with E-state index in [1.807, 2.05) is 48.6 Å². The first-order chi connectivity index (χ1) is 17.6. The summed E-state index contributed by atoms with van der Waals surface area (Å²) in [7, 11) is 1.42. The van der Waals surface area contributed by atoms with E-state index in [4.69, 9.17) is 9.47 Å². The Balaban J connectivity index is 1.51. The SMILES string of the molecule is COC(=O)[C@H]1[C@H](N(Cc2ccccc2)C(Cc2ccccc2)C(=O)NC2CCCCC2)[C@@H]2C=C[C@H]1O2. The summed E-state index contributed by atoms with van der Waals surface area (Å²) in [6, 6.07) is 19.8. The van der Waals surface area contributed by atoms with Crippen LogP contribution in [0.2, 0.25) is 0 Å². The number of benzene rings is 2. The molecule has 5 atom stereocenters. The van der Waals surface area contributed by atoms with Gasteiger partial charge in [-0.05, 0) is 30.4 Å². The summed E-state index contributed by atoms with van der Waals surface area (Å²) >= 11 is 0. The highest BCUT2D eigenvalue weighted by atomic mass is 16.5. The number of carbonyl (C=O) groups excluding carboxylic acids is 2. The Bertz CT molecular complexity index is 1050. The standard InChI is InChI=1S/C30H36N2O4/c1-35-30(34)27-25-17-18-26(36-25)28(27)32(20-22-13-7-3-8-14-22)24(19-21-11-5-2-6-12-21)29(33)31-23-15-9-4-10-16-23/h2-3,5-8,11-14,17-18,23-28H,4,9-10,15-16,19-20H2,1H3,(H,31,33)/t24?,25-,26+,27-,28-/m1/s1. The van der Waals surface area contributed by atoms with Gasteiger partial charge in [-0.15, -0.1) is 0 Å². The molecule has 0 aromatic heterocycles. The van der Waals surface area contributed by atoms with E-state index in [1.54, 1.807) is 0 Å². The van der Waals surface area contributed by atoms with Gasteiger partial charge in [-0.25, -0.2) is 0 Å². The zero-order valence-electron chi connectivity index (χ0n) is 20.9. The van der Waals surface area contributed by atoms with Gasteiger partial charge in [-0.3, -0.25) is 14.5 Å². The van der Waals surface area contributed by atoms with Crippen LogP contribution in [0.25, 0.3) is 0 Å². The van der Waals surface area contributed by atoms with E-state index >= 15 is 0 Å². The van der Waals surface area contributed by atoms with Crippen LogP contribution in [0.3, 0.4) is 0 Å². The lowest BCUT2D eigenvalue weighted by atomic mass is 9.85. The molecule has 2 aromatic rings. The molecule has 1 amide bonds. The van der Waals surface area contributed by atoms with Crippen molar-refractivity contribution in [3.05, 3.63) is 83.9 Å². The number of rotatable bonds is 9. The molecule has 1 N–H and O–H groups in total. The fourth-order valence-electron chi connectivity index (χ4n) is 6.05. The van der Waals surface area contributed by atoms with Crippen LogP contribution < -0.4 is 5.32 Å². The molecule has 1 unspecified atom stereocenters. The molecule has 3 aliphatic rings. The van der Waals surface area contributed by atoms with Gasteiger partial charge in [-0.1, -0.05) is 92.1 Å². The predicted octanol–water partition coefficient (Wildman–Crippen LogP) is 4.04. The van der Waals surface area contributed by atoms with Gasteiger partial charge in [0.1, 0.15) is 5.92 Å². The topological polar surface area (TPSA) is 67.9 Å². The van der Waals surface area contributed by atoms with Gasteiger partial charge < -0.3 is 14.8 Å². The average Bonchev–Trinajstić information content (AvgIpc) is 3.54. The monoisotopic (exact) mass is 488 g/mol. The number of carbonyl (C=O) groups is 2. The van der Waals surface area contributed by atoms with E-state index in [9.17, 15) is 9.59 Å². The van der Waals surface area contributed by atoms with Gasteiger partial charge in [0, 0.05) is 12.6 Å². The van der Waals surface area contributed by atoms with E-state index in [1.165, 1.54) is 13.5 Å². The van der Waals surface area contributed by atoms with E-state index in [0.717, 1.165) is 36.8 Å². The number of nitrogens with zero attached hydrogens (tertiary/aromatic N) is 1. The molecule has 36 heavy (non-hydrogen) atoms. The molecule has 1 saturated heterocycles. The second-order valence-electron chi connectivity index (χ2n) is 10.2. The van der Waals surface area contributed by atoms with Gasteiger partial charge in [0.25, 0.3) is 0 Å². The molecule has 6 nitrogen and oxygen atoms in total. The van der Waals surface area contributed by atoms with Crippen LogP contribution in [0, 0.1) is 5.92 Å². The second-order valence-corrected chi connectivity index (χ2v) is 10.2. The highest BCUT2D eigenvalue weighted by molar-refractivity contribution is 5.83. The summed E-state index contributed by atoms with van der Waals surface area (Å²) in [4.78, 5) is 29.2. The third-order valence-corrected chi connectivity index (χ3v) is 7.85. The summed E-state index contributed by atoms with van der Waals surface area (Å²) < 4.78 is 11.4. The van der Waals surface area contributed by atoms with Crippen molar-refractivity contribution in [1.82, 2.24) is 10.2 Å². The third-order valence-electron chi connectivity index (χ3n) is 7.85. The van der Waals surface area contributed by atoms with Crippen molar-refractivity contribution in [2.45, 2.75) is 75.4 Å². The lowest BCUT2D eigenvalue weighted by molar-refractivity contribution is -0.149. The number of hydrogen-bond acceptors (Lipinski definition) is 5. The van der Waals surface area contributed by atoms with Crippen molar-refractivity contribution in [1.29, 1.82) is 0 Å². The Morgan fingerprint density at radius 2 is 1.58 bits per heavy atom. The fourth-order valence-corrected chi connectivity index (χ4v) is 6.05. The second kappa shape index (κ2) is 11.4. The zero-order valence-corrected chi connectivity index (χ0v) is 20.9. The maximum Gasteiger partial charge on any atom is 0.313 e. The first kappa shape index (κ1) is 24.7.